The molecule has 0 radical (unpaired) electrons. The van der Waals surface area contributed by atoms with Crippen LogP contribution in [-0.2, 0) is 0 Å². The van der Waals surface area contributed by atoms with Gasteiger partial charge in [0.1, 0.15) is 0 Å². The van der Waals surface area contributed by atoms with Crippen LogP contribution in [-0.4, -0.2) is 40.3 Å². The first-order valence-electron chi connectivity index (χ1n) is 9.67. The van der Waals surface area contributed by atoms with Gasteiger partial charge in [0.25, 0.3) is 0 Å². The van der Waals surface area contributed by atoms with Crippen molar-refractivity contribution in [2.75, 3.05) is 18.0 Å². The summed E-state index contributed by atoms with van der Waals surface area (Å²) in [5.41, 5.74) is 2.00. The summed E-state index contributed by atoms with van der Waals surface area (Å²) in [5.74, 6) is 1.08. The second-order valence-corrected chi connectivity index (χ2v) is 7.37. The lowest BCUT2D eigenvalue weighted by Gasteiger charge is -2.34. The van der Waals surface area contributed by atoms with Crippen molar-refractivity contribution in [3.05, 3.63) is 54.7 Å². The Hall–Kier alpha value is -3.15. The van der Waals surface area contributed by atoms with Crippen LogP contribution in [0.2, 0.25) is 0 Å². The molecule has 1 atom stereocenters. The molecular formula is C22H24N4O2. The van der Waals surface area contributed by atoms with E-state index in [2.05, 4.69) is 45.5 Å². The van der Waals surface area contributed by atoms with E-state index in [0.29, 0.717) is 5.92 Å². The van der Waals surface area contributed by atoms with Crippen molar-refractivity contribution in [3.8, 4) is 11.3 Å². The minimum Gasteiger partial charge on any atom is -0.465 e. The fourth-order valence-electron chi connectivity index (χ4n) is 3.92. The molecule has 1 unspecified atom stereocenters. The molecule has 1 aliphatic heterocycles. The Labute approximate surface area is 164 Å². The number of hydrogen-bond acceptors (Lipinski definition) is 4. The zero-order valence-electron chi connectivity index (χ0n) is 15.9. The zero-order valence-corrected chi connectivity index (χ0v) is 15.9. The van der Waals surface area contributed by atoms with E-state index >= 15 is 0 Å². The van der Waals surface area contributed by atoms with Gasteiger partial charge in [-0.1, -0.05) is 36.4 Å². The molecule has 2 N–H and O–H groups in total. The first kappa shape index (κ1) is 18.2. The van der Waals surface area contributed by atoms with Gasteiger partial charge in [0.2, 0.25) is 5.95 Å². The van der Waals surface area contributed by atoms with Crippen LogP contribution in [0.3, 0.4) is 0 Å². The molecule has 0 spiro atoms. The lowest BCUT2D eigenvalue weighted by molar-refractivity contribution is 0.183. The van der Waals surface area contributed by atoms with E-state index in [1.807, 2.05) is 31.3 Å². The molecule has 0 saturated carbocycles. The first-order valence-corrected chi connectivity index (χ1v) is 9.67. The molecule has 3 aromatic rings. The molecule has 4 rings (SSSR count). The standard InChI is InChI=1S/C22H24N4O2/c1-15(24-22(27)28)16-9-12-26(13-10-16)21-23-11-8-20(25-21)19-7-6-17-4-2-3-5-18(17)14-19/h2-8,11,14-16,24H,9-10,12-13H2,1H3,(H,27,28). The largest absolute Gasteiger partial charge is 0.465 e. The van der Waals surface area contributed by atoms with Crippen molar-refractivity contribution in [2.24, 2.45) is 5.92 Å². The van der Waals surface area contributed by atoms with E-state index in [0.717, 1.165) is 43.1 Å². The number of amides is 1. The van der Waals surface area contributed by atoms with Crippen molar-refractivity contribution in [1.29, 1.82) is 0 Å². The molecular weight excluding hydrogens is 352 g/mol. The lowest BCUT2D eigenvalue weighted by Crippen LogP contribution is -2.44. The molecule has 1 amide bonds. The molecule has 1 aliphatic rings. The zero-order chi connectivity index (χ0) is 19.5. The molecule has 0 bridgehead atoms. The minimum absolute atomic E-state index is 0.0375. The Kier molecular flexibility index (Phi) is 5.10. The number of hydrogen-bond donors (Lipinski definition) is 2. The smallest absolute Gasteiger partial charge is 0.404 e. The van der Waals surface area contributed by atoms with Gasteiger partial charge < -0.3 is 15.3 Å². The maximum atomic E-state index is 10.9. The Morgan fingerprint density at radius 1 is 1.14 bits per heavy atom. The summed E-state index contributed by atoms with van der Waals surface area (Å²) in [6.07, 6.45) is 2.70. The average molecular weight is 376 g/mol. The van der Waals surface area contributed by atoms with Crippen LogP contribution < -0.4 is 10.2 Å². The van der Waals surface area contributed by atoms with Crippen LogP contribution >= 0.6 is 0 Å². The maximum Gasteiger partial charge on any atom is 0.404 e. The number of fused-ring (bicyclic) bond motifs is 1. The Morgan fingerprint density at radius 3 is 2.64 bits per heavy atom. The van der Waals surface area contributed by atoms with Gasteiger partial charge in [-0.05, 0) is 48.6 Å². The molecule has 0 aliphatic carbocycles. The molecule has 2 aromatic carbocycles. The summed E-state index contributed by atoms with van der Waals surface area (Å²) in [6.45, 7) is 3.60. The number of rotatable bonds is 4. The van der Waals surface area contributed by atoms with Crippen LogP contribution in [0.15, 0.2) is 54.7 Å². The second-order valence-electron chi connectivity index (χ2n) is 7.37. The number of nitrogens with zero attached hydrogens (tertiary/aromatic N) is 3. The Balaban J connectivity index is 1.49. The van der Waals surface area contributed by atoms with Crippen LogP contribution in [0.5, 0.6) is 0 Å². The van der Waals surface area contributed by atoms with Crippen LogP contribution in [0, 0.1) is 5.92 Å². The van der Waals surface area contributed by atoms with Gasteiger partial charge in [0.05, 0.1) is 5.69 Å². The quantitative estimate of drug-likeness (QED) is 0.714. The summed E-state index contributed by atoms with van der Waals surface area (Å²) >= 11 is 0. The third kappa shape index (κ3) is 3.91. The summed E-state index contributed by atoms with van der Waals surface area (Å²) in [4.78, 5) is 22.3. The van der Waals surface area contributed by atoms with E-state index in [-0.39, 0.29) is 6.04 Å². The maximum absolute atomic E-state index is 10.9. The minimum atomic E-state index is -0.957. The predicted molar refractivity (Wildman–Crippen MR) is 111 cm³/mol. The molecule has 6 nitrogen and oxygen atoms in total. The molecule has 28 heavy (non-hydrogen) atoms. The lowest BCUT2D eigenvalue weighted by atomic mass is 9.90. The van der Waals surface area contributed by atoms with Crippen molar-refractivity contribution in [1.82, 2.24) is 15.3 Å². The number of benzene rings is 2. The topological polar surface area (TPSA) is 78.4 Å². The van der Waals surface area contributed by atoms with E-state index in [4.69, 9.17) is 10.1 Å². The fraction of sp³-hybridized carbons (Fsp3) is 0.318. The predicted octanol–water partition coefficient (Wildman–Crippen LogP) is 4.17. The summed E-state index contributed by atoms with van der Waals surface area (Å²) < 4.78 is 0. The molecule has 144 valence electrons. The van der Waals surface area contributed by atoms with Gasteiger partial charge in [0.15, 0.2) is 0 Å². The van der Waals surface area contributed by atoms with Crippen LogP contribution in [0.4, 0.5) is 10.7 Å². The van der Waals surface area contributed by atoms with Crippen molar-refractivity contribution < 1.29 is 9.90 Å². The molecule has 2 heterocycles. The Morgan fingerprint density at radius 2 is 1.89 bits per heavy atom. The molecule has 1 saturated heterocycles. The highest BCUT2D eigenvalue weighted by molar-refractivity contribution is 5.86. The summed E-state index contributed by atoms with van der Waals surface area (Å²) in [6, 6.07) is 16.6. The van der Waals surface area contributed by atoms with Gasteiger partial charge in [-0.3, -0.25) is 0 Å². The monoisotopic (exact) mass is 376 g/mol. The molecule has 6 heteroatoms. The van der Waals surface area contributed by atoms with Gasteiger partial charge in [-0.2, -0.15) is 0 Å². The van der Waals surface area contributed by atoms with E-state index in [1.54, 1.807) is 0 Å². The van der Waals surface area contributed by atoms with Gasteiger partial charge in [-0.25, -0.2) is 14.8 Å². The number of nitrogens with one attached hydrogen (secondary N) is 1. The highest BCUT2D eigenvalue weighted by atomic mass is 16.4. The normalized spacial score (nSPS) is 16.1. The highest BCUT2D eigenvalue weighted by Gasteiger charge is 2.26. The highest BCUT2D eigenvalue weighted by Crippen LogP contribution is 2.26. The SMILES string of the molecule is CC(NC(=O)O)C1CCN(c2nccc(-c3ccc4ccccc4c3)n2)CC1. The van der Waals surface area contributed by atoms with Gasteiger partial charge in [0, 0.05) is 30.9 Å². The van der Waals surface area contributed by atoms with Crippen molar-refractivity contribution in [2.45, 2.75) is 25.8 Å². The fourth-order valence-corrected chi connectivity index (χ4v) is 3.92. The van der Waals surface area contributed by atoms with E-state index in [9.17, 15) is 4.79 Å². The second kappa shape index (κ2) is 7.84. The van der Waals surface area contributed by atoms with Gasteiger partial charge in [-0.15, -0.1) is 0 Å². The third-order valence-electron chi connectivity index (χ3n) is 5.57. The first-order chi connectivity index (χ1) is 13.6. The summed E-state index contributed by atoms with van der Waals surface area (Å²) in [5, 5.41) is 13.9. The van der Waals surface area contributed by atoms with Crippen molar-refractivity contribution >= 4 is 22.8 Å². The molecule has 1 fully saturated rings. The van der Waals surface area contributed by atoms with Crippen LogP contribution in [0.1, 0.15) is 19.8 Å². The number of aromatic nitrogens is 2. The van der Waals surface area contributed by atoms with E-state index < -0.39 is 6.09 Å². The Bertz CT molecular complexity index is 983. The third-order valence-corrected chi connectivity index (χ3v) is 5.57. The van der Waals surface area contributed by atoms with Crippen molar-refractivity contribution in [3.63, 3.8) is 0 Å². The number of carbonyl (C=O) groups is 1. The van der Waals surface area contributed by atoms with Gasteiger partial charge >= 0.3 is 6.09 Å². The average Bonchev–Trinajstić information content (AvgIpc) is 2.73. The van der Waals surface area contributed by atoms with Crippen LogP contribution in [0.25, 0.3) is 22.0 Å². The van der Waals surface area contributed by atoms with E-state index in [1.165, 1.54) is 10.8 Å². The molecule has 1 aromatic heterocycles. The number of carboxylic acid groups (broad SMARTS) is 1. The number of anilines is 1. The number of piperidine rings is 1. The summed E-state index contributed by atoms with van der Waals surface area (Å²) in [7, 11) is 0.